The van der Waals surface area contributed by atoms with E-state index in [9.17, 15) is 18.0 Å². The summed E-state index contributed by atoms with van der Waals surface area (Å²) in [5.41, 5.74) is 2.07. The molecule has 38 heavy (non-hydrogen) atoms. The molecular weight excluding hydrogens is 545 g/mol. The zero-order chi connectivity index (χ0) is 27.9. The molecule has 1 aliphatic carbocycles. The summed E-state index contributed by atoms with van der Waals surface area (Å²) in [7, 11) is -3.60. The molecule has 0 aliphatic heterocycles. The number of carbonyl (C=O) groups excluding carboxylic acids is 2. The van der Waals surface area contributed by atoms with Crippen molar-refractivity contribution in [2.24, 2.45) is 0 Å². The lowest BCUT2D eigenvalue weighted by Crippen LogP contribution is -2.50. The average Bonchev–Trinajstić information content (AvgIpc) is 2.86. The highest BCUT2D eigenvalue weighted by Crippen LogP contribution is 2.27. The minimum atomic E-state index is -3.60. The lowest BCUT2D eigenvalue weighted by Gasteiger charge is -2.31. The van der Waals surface area contributed by atoms with Crippen LogP contribution >= 0.6 is 23.2 Å². The van der Waals surface area contributed by atoms with E-state index >= 15 is 0 Å². The van der Waals surface area contributed by atoms with Gasteiger partial charge in [0.1, 0.15) is 6.04 Å². The van der Waals surface area contributed by atoms with Gasteiger partial charge in [-0.05, 0) is 68.5 Å². The van der Waals surface area contributed by atoms with Crippen LogP contribution in [0.15, 0.2) is 42.5 Å². The normalized spacial score (nSPS) is 15.1. The van der Waals surface area contributed by atoms with Crippen molar-refractivity contribution in [1.29, 1.82) is 0 Å². The Morgan fingerprint density at radius 1 is 1.05 bits per heavy atom. The molecule has 1 unspecified atom stereocenters. The molecule has 1 aliphatic rings. The second-order valence-electron chi connectivity index (χ2n) is 10.0. The van der Waals surface area contributed by atoms with E-state index in [4.69, 9.17) is 23.2 Å². The van der Waals surface area contributed by atoms with Crippen molar-refractivity contribution in [2.45, 2.75) is 77.4 Å². The average molecular weight is 583 g/mol. The van der Waals surface area contributed by atoms with Gasteiger partial charge in [0.05, 0.1) is 11.9 Å². The Morgan fingerprint density at radius 2 is 1.74 bits per heavy atom. The van der Waals surface area contributed by atoms with Crippen LogP contribution in [-0.2, 0) is 26.2 Å². The molecule has 2 amide bonds. The third-order valence-electron chi connectivity index (χ3n) is 6.95. The maximum Gasteiger partial charge on any atom is 0.242 e. The van der Waals surface area contributed by atoms with Crippen LogP contribution in [0.3, 0.4) is 0 Å². The van der Waals surface area contributed by atoms with E-state index in [1.165, 1.54) is 10.7 Å². The molecule has 0 spiro atoms. The van der Waals surface area contributed by atoms with Crippen LogP contribution in [0.2, 0.25) is 10.0 Å². The number of carbonyl (C=O) groups is 2. The zero-order valence-corrected chi connectivity index (χ0v) is 24.6. The first kappa shape index (κ1) is 30.3. The summed E-state index contributed by atoms with van der Waals surface area (Å²) in [5, 5.41) is 4.10. The van der Waals surface area contributed by atoms with E-state index in [0.29, 0.717) is 15.7 Å². The summed E-state index contributed by atoms with van der Waals surface area (Å²) in [6.07, 6.45) is 6.75. The minimum absolute atomic E-state index is 0.0766. The van der Waals surface area contributed by atoms with Gasteiger partial charge in [0.25, 0.3) is 0 Å². The molecule has 0 heterocycles. The summed E-state index contributed by atoms with van der Waals surface area (Å²) in [6.45, 7) is 3.88. The lowest BCUT2D eigenvalue weighted by molar-refractivity contribution is -0.141. The number of nitrogens with one attached hydrogen (secondary N) is 1. The topological polar surface area (TPSA) is 86.8 Å². The van der Waals surface area contributed by atoms with Gasteiger partial charge in [-0.3, -0.25) is 13.9 Å². The first-order valence-corrected chi connectivity index (χ1v) is 15.6. The van der Waals surface area contributed by atoms with E-state index in [-0.39, 0.29) is 43.8 Å². The van der Waals surface area contributed by atoms with E-state index in [0.717, 1.165) is 43.1 Å². The first-order chi connectivity index (χ1) is 18.0. The summed E-state index contributed by atoms with van der Waals surface area (Å²) in [6, 6.07) is 11.7. The Bertz CT molecular complexity index is 1230. The second kappa shape index (κ2) is 13.7. The van der Waals surface area contributed by atoms with Crippen LogP contribution in [0.1, 0.15) is 63.0 Å². The van der Waals surface area contributed by atoms with Crippen molar-refractivity contribution >= 4 is 50.7 Å². The highest BCUT2D eigenvalue weighted by Gasteiger charge is 2.28. The van der Waals surface area contributed by atoms with Gasteiger partial charge in [-0.25, -0.2) is 8.42 Å². The fourth-order valence-electron chi connectivity index (χ4n) is 4.82. The molecule has 3 rings (SSSR count). The van der Waals surface area contributed by atoms with E-state index in [2.05, 4.69) is 5.32 Å². The van der Waals surface area contributed by atoms with Crippen molar-refractivity contribution in [3.63, 3.8) is 0 Å². The summed E-state index contributed by atoms with van der Waals surface area (Å²) in [4.78, 5) is 28.2. The fourth-order valence-corrected chi connectivity index (χ4v) is 6.21. The van der Waals surface area contributed by atoms with Crippen LogP contribution in [0, 0.1) is 6.92 Å². The maximum atomic E-state index is 13.5. The third kappa shape index (κ3) is 8.61. The molecule has 10 heteroatoms. The first-order valence-electron chi connectivity index (χ1n) is 13.0. The largest absolute Gasteiger partial charge is 0.352 e. The number of nitrogens with zero attached hydrogens (tertiary/aromatic N) is 2. The standard InChI is InChI=1S/C28H37Cl2N3O4S/c1-20-14-15-24(30)18-26(20)33(38(3,36)37)16-8-13-27(34)32(19-22-9-7-10-23(29)17-22)21(2)28(35)31-25-11-5-4-6-12-25/h7,9-10,14-15,17-18,21,25H,4-6,8,11-13,16,19H2,1-3H3,(H,31,35). The van der Waals surface area contributed by atoms with E-state index in [1.807, 2.05) is 19.1 Å². The molecular formula is C28H37Cl2N3O4S. The number of hydrogen-bond acceptors (Lipinski definition) is 4. The molecule has 2 aromatic rings. The van der Waals surface area contributed by atoms with Crippen molar-refractivity contribution in [3.8, 4) is 0 Å². The number of benzene rings is 2. The second-order valence-corrected chi connectivity index (χ2v) is 12.8. The number of rotatable bonds is 11. The van der Waals surface area contributed by atoms with Gasteiger partial charge >= 0.3 is 0 Å². The molecule has 1 saturated carbocycles. The predicted octanol–water partition coefficient (Wildman–Crippen LogP) is 5.71. The van der Waals surface area contributed by atoms with Gasteiger partial charge in [-0.1, -0.05) is 60.7 Å². The molecule has 208 valence electrons. The third-order valence-corrected chi connectivity index (χ3v) is 8.60. The van der Waals surface area contributed by atoms with Gasteiger partial charge in [0.15, 0.2) is 0 Å². The molecule has 1 N–H and O–H groups in total. The minimum Gasteiger partial charge on any atom is -0.352 e. The monoisotopic (exact) mass is 581 g/mol. The van der Waals surface area contributed by atoms with Gasteiger partial charge < -0.3 is 10.2 Å². The van der Waals surface area contributed by atoms with Crippen molar-refractivity contribution < 1.29 is 18.0 Å². The molecule has 7 nitrogen and oxygen atoms in total. The van der Waals surface area contributed by atoms with Crippen molar-refractivity contribution in [2.75, 3.05) is 17.1 Å². The van der Waals surface area contributed by atoms with Gasteiger partial charge in [-0.15, -0.1) is 0 Å². The number of halogens is 2. The van der Waals surface area contributed by atoms with Crippen LogP contribution < -0.4 is 9.62 Å². The SMILES string of the molecule is Cc1ccc(Cl)cc1N(CCCC(=O)N(Cc1cccc(Cl)c1)C(C)C(=O)NC1CCCCC1)S(C)(=O)=O. The smallest absolute Gasteiger partial charge is 0.242 e. The lowest BCUT2D eigenvalue weighted by atomic mass is 9.95. The Labute approximate surface area is 236 Å². The zero-order valence-electron chi connectivity index (χ0n) is 22.3. The molecule has 1 atom stereocenters. The highest BCUT2D eigenvalue weighted by molar-refractivity contribution is 7.92. The van der Waals surface area contributed by atoms with E-state index < -0.39 is 16.1 Å². The molecule has 1 fully saturated rings. The fraction of sp³-hybridized carbons (Fsp3) is 0.500. The maximum absolute atomic E-state index is 13.5. The molecule has 0 saturated heterocycles. The van der Waals surface area contributed by atoms with Crippen LogP contribution in [0.25, 0.3) is 0 Å². The number of anilines is 1. The number of sulfonamides is 1. The summed E-state index contributed by atoms with van der Waals surface area (Å²) < 4.78 is 26.5. The van der Waals surface area contributed by atoms with Gasteiger partial charge in [-0.2, -0.15) is 0 Å². The molecule has 2 aromatic carbocycles. The Hall–Kier alpha value is -2.29. The number of amides is 2. The summed E-state index contributed by atoms with van der Waals surface area (Å²) >= 11 is 12.3. The van der Waals surface area contributed by atoms with Crippen molar-refractivity contribution in [1.82, 2.24) is 10.2 Å². The van der Waals surface area contributed by atoms with Gasteiger partial charge in [0, 0.05) is 35.6 Å². The quantitative estimate of drug-likeness (QED) is 0.368. The number of aryl methyl sites for hydroxylation is 1. The molecule has 0 bridgehead atoms. The van der Waals surface area contributed by atoms with Gasteiger partial charge in [0.2, 0.25) is 21.8 Å². The molecule has 0 aromatic heterocycles. The van der Waals surface area contributed by atoms with Crippen LogP contribution in [0.4, 0.5) is 5.69 Å². The predicted molar refractivity (Wildman–Crippen MR) is 154 cm³/mol. The highest BCUT2D eigenvalue weighted by atomic mass is 35.5. The van der Waals surface area contributed by atoms with Crippen LogP contribution in [0.5, 0.6) is 0 Å². The van der Waals surface area contributed by atoms with E-state index in [1.54, 1.807) is 42.2 Å². The Morgan fingerprint density at radius 3 is 2.39 bits per heavy atom. The molecule has 0 radical (unpaired) electrons. The number of hydrogen-bond donors (Lipinski definition) is 1. The van der Waals surface area contributed by atoms with Crippen LogP contribution in [-0.4, -0.2) is 50.0 Å². The Balaban J connectivity index is 1.74. The summed E-state index contributed by atoms with van der Waals surface area (Å²) in [5.74, 6) is -0.410. The Kier molecular flexibility index (Phi) is 10.9. The van der Waals surface area contributed by atoms with Crippen molar-refractivity contribution in [3.05, 3.63) is 63.6 Å².